The van der Waals surface area contributed by atoms with E-state index in [4.69, 9.17) is 4.74 Å². The summed E-state index contributed by atoms with van der Waals surface area (Å²) in [7, 11) is 0. The minimum absolute atomic E-state index is 0.323. The van der Waals surface area contributed by atoms with Crippen molar-refractivity contribution in [2.45, 2.75) is 26.2 Å². The third-order valence-electron chi connectivity index (χ3n) is 4.52. The van der Waals surface area contributed by atoms with E-state index in [1.807, 2.05) is 42.5 Å². The van der Waals surface area contributed by atoms with Crippen molar-refractivity contribution < 1.29 is 14.3 Å². The van der Waals surface area contributed by atoms with Crippen molar-refractivity contribution >= 4 is 23.3 Å². The Morgan fingerprint density at radius 2 is 1.86 bits per heavy atom. The van der Waals surface area contributed by atoms with Gasteiger partial charge < -0.3 is 10.1 Å². The largest absolute Gasteiger partial charge is 0.452 e. The zero-order chi connectivity index (χ0) is 19.8. The van der Waals surface area contributed by atoms with Crippen molar-refractivity contribution in [1.82, 2.24) is 5.01 Å². The molecular weight excluding hydrogens is 354 g/mol. The summed E-state index contributed by atoms with van der Waals surface area (Å²) < 4.78 is 5.25. The lowest BCUT2D eigenvalue weighted by atomic mass is 10.1. The average Bonchev–Trinajstić information content (AvgIpc) is 3.23. The fraction of sp³-hybridized carbons (Fsp3) is 0.318. The first-order valence-corrected chi connectivity index (χ1v) is 9.62. The summed E-state index contributed by atoms with van der Waals surface area (Å²) in [5.41, 5.74) is 3.02. The average molecular weight is 379 g/mol. The summed E-state index contributed by atoms with van der Waals surface area (Å²) in [5, 5.41) is 8.99. The van der Waals surface area contributed by atoms with Crippen molar-refractivity contribution in [3.05, 3.63) is 65.7 Å². The van der Waals surface area contributed by atoms with Crippen LogP contribution in [0, 0.1) is 0 Å². The van der Waals surface area contributed by atoms with Gasteiger partial charge in [-0.1, -0.05) is 55.8 Å². The van der Waals surface area contributed by atoms with Gasteiger partial charge in [-0.05, 0) is 24.1 Å². The number of anilines is 1. The summed E-state index contributed by atoms with van der Waals surface area (Å²) >= 11 is 0. The van der Waals surface area contributed by atoms with E-state index in [9.17, 15) is 9.59 Å². The van der Waals surface area contributed by atoms with Crippen LogP contribution in [0.4, 0.5) is 5.69 Å². The molecule has 1 heterocycles. The zero-order valence-corrected chi connectivity index (χ0v) is 16.1. The van der Waals surface area contributed by atoms with Gasteiger partial charge >= 0.3 is 5.97 Å². The highest BCUT2D eigenvalue weighted by Crippen LogP contribution is 2.17. The fourth-order valence-corrected chi connectivity index (χ4v) is 2.97. The molecule has 0 spiro atoms. The van der Waals surface area contributed by atoms with Crippen LogP contribution in [0.3, 0.4) is 0 Å². The van der Waals surface area contributed by atoms with Gasteiger partial charge in [-0.25, -0.2) is 9.80 Å². The molecule has 1 aliphatic rings. The van der Waals surface area contributed by atoms with Gasteiger partial charge in [-0.15, -0.1) is 0 Å². The van der Waals surface area contributed by atoms with Crippen LogP contribution < -0.4 is 5.32 Å². The Morgan fingerprint density at radius 1 is 1.11 bits per heavy atom. The molecule has 0 atom stereocenters. The number of hydrazone groups is 1. The predicted molar refractivity (Wildman–Crippen MR) is 109 cm³/mol. The van der Waals surface area contributed by atoms with E-state index < -0.39 is 5.97 Å². The normalized spacial score (nSPS) is 13.2. The lowest BCUT2D eigenvalue weighted by Crippen LogP contribution is -2.29. The molecule has 28 heavy (non-hydrogen) atoms. The number of nitrogens with one attached hydrogen (secondary N) is 1. The molecule has 1 N–H and O–H groups in total. The third kappa shape index (κ3) is 4.97. The van der Waals surface area contributed by atoms with Gasteiger partial charge in [0.05, 0.1) is 17.8 Å². The van der Waals surface area contributed by atoms with Gasteiger partial charge in [-0.2, -0.15) is 5.10 Å². The Kier molecular flexibility index (Phi) is 6.78. The first-order chi connectivity index (χ1) is 13.7. The third-order valence-corrected chi connectivity index (χ3v) is 4.52. The standard InChI is InChI=1S/C22H25N3O3/c1-2-3-14-23-20-12-8-7-11-18(20)22(27)28-16-21(26)25-15-13-19(24-25)17-9-5-4-6-10-17/h4-12,23H,2-3,13-16H2,1H3. The summed E-state index contributed by atoms with van der Waals surface area (Å²) in [6.07, 6.45) is 2.77. The Labute approximate surface area is 165 Å². The highest BCUT2D eigenvalue weighted by molar-refractivity contribution is 6.03. The van der Waals surface area contributed by atoms with Crippen LogP contribution in [-0.2, 0) is 9.53 Å². The quantitative estimate of drug-likeness (QED) is 0.561. The summed E-state index contributed by atoms with van der Waals surface area (Å²) in [6.45, 7) is 3.06. The highest BCUT2D eigenvalue weighted by Gasteiger charge is 2.23. The Balaban J connectivity index is 1.57. The van der Waals surface area contributed by atoms with Crippen molar-refractivity contribution in [2.75, 3.05) is 25.0 Å². The molecule has 2 aromatic carbocycles. The lowest BCUT2D eigenvalue weighted by Gasteiger charge is -2.13. The topological polar surface area (TPSA) is 71.0 Å². The second-order valence-electron chi connectivity index (χ2n) is 6.58. The van der Waals surface area contributed by atoms with Crippen LogP contribution in [0.5, 0.6) is 0 Å². The van der Waals surface area contributed by atoms with Gasteiger partial charge in [-0.3, -0.25) is 4.79 Å². The number of hydrogen-bond acceptors (Lipinski definition) is 5. The molecule has 0 aliphatic carbocycles. The molecule has 0 radical (unpaired) electrons. The minimum atomic E-state index is -0.514. The van der Waals surface area contributed by atoms with E-state index >= 15 is 0 Å². The Bertz CT molecular complexity index is 849. The van der Waals surface area contributed by atoms with E-state index in [0.29, 0.717) is 18.5 Å². The molecular formula is C22H25N3O3. The number of rotatable bonds is 8. The fourth-order valence-electron chi connectivity index (χ4n) is 2.97. The van der Waals surface area contributed by atoms with Gasteiger partial charge in [0.25, 0.3) is 5.91 Å². The maximum absolute atomic E-state index is 12.4. The molecule has 0 aromatic heterocycles. The number of nitrogens with zero attached hydrogens (tertiary/aromatic N) is 2. The van der Waals surface area contributed by atoms with E-state index in [-0.39, 0.29) is 12.5 Å². The smallest absolute Gasteiger partial charge is 0.340 e. The number of hydrogen-bond donors (Lipinski definition) is 1. The number of esters is 1. The molecule has 3 rings (SSSR count). The summed E-state index contributed by atoms with van der Waals surface area (Å²) in [6, 6.07) is 16.9. The Morgan fingerprint density at radius 3 is 2.64 bits per heavy atom. The zero-order valence-electron chi connectivity index (χ0n) is 16.1. The van der Waals surface area contributed by atoms with Gasteiger partial charge in [0.15, 0.2) is 6.61 Å². The van der Waals surface area contributed by atoms with Crippen molar-refractivity contribution in [3.8, 4) is 0 Å². The van der Waals surface area contributed by atoms with E-state index in [1.54, 1.807) is 12.1 Å². The maximum Gasteiger partial charge on any atom is 0.340 e. The number of amides is 1. The predicted octanol–water partition coefficient (Wildman–Crippen LogP) is 3.69. The van der Waals surface area contributed by atoms with Gasteiger partial charge in [0.1, 0.15) is 0 Å². The van der Waals surface area contributed by atoms with Gasteiger partial charge in [0, 0.05) is 18.7 Å². The molecule has 1 amide bonds. The second-order valence-corrected chi connectivity index (χ2v) is 6.58. The monoisotopic (exact) mass is 379 g/mol. The molecule has 146 valence electrons. The molecule has 6 nitrogen and oxygen atoms in total. The van der Waals surface area contributed by atoms with Gasteiger partial charge in [0.2, 0.25) is 0 Å². The Hall–Kier alpha value is -3.15. The first kappa shape index (κ1) is 19.6. The SMILES string of the molecule is CCCCNc1ccccc1C(=O)OCC(=O)N1CCC(c2ccccc2)=N1. The second kappa shape index (κ2) is 9.69. The molecule has 0 fully saturated rings. The molecule has 0 saturated heterocycles. The van der Waals surface area contributed by atoms with Crippen molar-refractivity contribution in [2.24, 2.45) is 5.10 Å². The number of unbranched alkanes of at least 4 members (excludes halogenated alkanes) is 1. The number of benzene rings is 2. The van der Waals surface area contributed by atoms with Crippen LogP contribution in [0.1, 0.15) is 42.1 Å². The van der Waals surface area contributed by atoms with Crippen LogP contribution in [0.15, 0.2) is 59.7 Å². The number of carbonyl (C=O) groups excluding carboxylic acids is 2. The number of ether oxygens (including phenoxy) is 1. The highest BCUT2D eigenvalue weighted by atomic mass is 16.5. The lowest BCUT2D eigenvalue weighted by molar-refractivity contribution is -0.134. The summed E-state index contributed by atoms with van der Waals surface area (Å²) in [4.78, 5) is 24.8. The molecule has 0 bridgehead atoms. The summed E-state index contributed by atoms with van der Waals surface area (Å²) in [5.74, 6) is -0.838. The van der Waals surface area contributed by atoms with Crippen molar-refractivity contribution in [3.63, 3.8) is 0 Å². The molecule has 6 heteroatoms. The number of para-hydroxylation sites is 1. The van der Waals surface area contributed by atoms with Crippen molar-refractivity contribution in [1.29, 1.82) is 0 Å². The van der Waals surface area contributed by atoms with Crippen LogP contribution >= 0.6 is 0 Å². The van der Waals surface area contributed by atoms with Crippen LogP contribution in [0.2, 0.25) is 0 Å². The minimum Gasteiger partial charge on any atom is -0.452 e. The maximum atomic E-state index is 12.4. The number of carbonyl (C=O) groups is 2. The van der Waals surface area contributed by atoms with E-state index in [0.717, 1.165) is 36.3 Å². The molecule has 0 unspecified atom stereocenters. The molecule has 1 aliphatic heterocycles. The van der Waals surface area contributed by atoms with E-state index in [1.165, 1.54) is 5.01 Å². The van der Waals surface area contributed by atoms with Crippen LogP contribution in [-0.4, -0.2) is 42.3 Å². The first-order valence-electron chi connectivity index (χ1n) is 9.62. The molecule has 0 saturated carbocycles. The van der Waals surface area contributed by atoms with Crippen LogP contribution in [0.25, 0.3) is 0 Å². The van der Waals surface area contributed by atoms with E-state index in [2.05, 4.69) is 17.3 Å². The molecule has 2 aromatic rings.